The van der Waals surface area contributed by atoms with Gasteiger partial charge in [-0.3, -0.25) is 4.40 Å². The number of ether oxygens (including phenoxy) is 1. The van der Waals surface area contributed by atoms with Gasteiger partial charge in [0.15, 0.2) is 5.82 Å². The number of hydrogen-bond acceptors (Lipinski definition) is 5. The molecular formula is C29H32FN5O. The van der Waals surface area contributed by atoms with Gasteiger partial charge in [0.1, 0.15) is 11.3 Å². The maximum atomic E-state index is 14.9. The standard InChI is InChI=1S/C29H32FN5O/c30-25-17-32-29(33-24-9-6-20(7-10-24)16-21-12-14-36-15-13-21)34-28(25)26-18-31-27-11-8-23(19-35(26)27)22-4-2-1-3-5-22/h1-5,8,11,17-21,24H,6-7,9-10,12-16H2,(H,32,33,34). The number of imidazole rings is 1. The smallest absolute Gasteiger partial charge is 0.223 e. The molecule has 0 bridgehead atoms. The maximum Gasteiger partial charge on any atom is 0.223 e. The molecule has 0 spiro atoms. The Kier molecular flexibility index (Phi) is 6.64. The molecule has 1 aliphatic heterocycles. The predicted octanol–water partition coefficient (Wildman–Crippen LogP) is 6.38. The fraction of sp³-hybridized carbons (Fsp3) is 0.414. The highest BCUT2D eigenvalue weighted by molar-refractivity contribution is 5.68. The van der Waals surface area contributed by atoms with E-state index in [1.54, 1.807) is 6.20 Å². The quantitative estimate of drug-likeness (QED) is 0.343. The Balaban J connectivity index is 1.17. The van der Waals surface area contributed by atoms with E-state index in [1.165, 1.54) is 38.3 Å². The number of anilines is 1. The Morgan fingerprint density at radius 3 is 2.44 bits per heavy atom. The van der Waals surface area contributed by atoms with E-state index in [-0.39, 0.29) is 5.69 Å². The zero-order chi connectivity index (χ0) is 24.3. The minimum Gasteiger partial charge on any atom is -0.381 e. The predicted molar refractivity (Wildman–Crippen MR) is 139 cm³/mol. The van der Waals surface area contributed by atoms with Crippen LogP contribution in [0.1, 0.15) is 44.9 Å². The van der Waals surface area contributed by atoms with Gasteiger partial charge in [-0.05, 0) is 80.0 Å². The molecule has 4 heterocycles. The third kappa shape index (κ3) is 4.98. The minimum atomic E-state index is -0.451. The topological polar surface area (TPSA) is 64.3 Å². The monoisotopic (exact) mass is 485 g/mol. The van der Waals surface area contributed by atoms with Gasteiger partial charge in [-0.15, -0.1) is 0 Å². The van der Waals surface area contributed by atoms with Crippen molar-refractivity contribution in [3.63, 3.8) is 0 Å². The summed E-state index contributed by atoms with van der Waals surface area (Å²) >= 11 is 0. The Hall–Kier alpha value is -3.32. The van der Waals surface area contributed by atoms with Gasteiger partial charge < -0.3 is 10.1 Å². The highest BCUT2D eigenvalue weighted by atomic mass is 19.1. The van der Waals surface area contributed by atoms with E-state index in [1.807, 2.05) is 40.9 Å². The van der Waals surface area contributed by atoms with E-state index in [0.717, 1.165) is 54.7 Å². The molecule has 6 rings (SSSR count). The van der Waals surface area contributed by atoms with Crippen LogP contribution in [0.15, 0.2) is 61.1 Å². The van der Waals surface area contributed by atoms with Gasteiger partial charge in [0.2, 0.25) is 5.95 Å². The lowest BCUT2D eigenvalue weighted by molar-refractivity contribution is 0.0560. The molecule has 3 aromatic heterocycles. The number of hydrogen-bond donors (Lipinski definition) is 1. The molecule has 4 aromatic rings. The molecule has 1 saturated carbocycles. The van der Waals surface area contributed by atoms with Crippen molar-refractivity contribution in [1.82, 2.24) is 19.4 Å². The van der Waals surface area contributed by atoms with Crippen LogP contribution in [0.25, 0.3) is 28.2 Å². The van der Waals surface area contributed by atoms with Crippen molar-refractivity contribution >= 4 is 11.6 Å². The molecule has 186 valence electrons. The van der Waals surface area contributed by atoms with Gasteiger partial charge >= 0.3 is 0 Å². The number of benzene rings is 1. The summed E-state index contributed by atoms with van der Waals surface area (Å²) in [5.74, 6) is 1.65. The van der Waals surface area contributed by atoms with Crippen molar-refractivity contribution in [2.45, 2.75) is 51.0 Å². The second-order valence-electron chi connectivity index (χ2n) is 10.2. The first-order valence-electron chi connectivity index (χ1n) is 13.1. The van der Waals surface area contributed by atoms with E-state index in [2.05, 4.69) is 32.4 Å². The minimum absolute atomic E-state index is 0.262. The van der Waals surface area contributed by atoms with E-state index in [9.17, 15) is 4.39 Å². The number of aromatic nitrogens is 4. The summed E-state index contributed by atoms with van der Waals surface area (Å²) in [5.41, 5.74) is 3.76. The lowest BCUT2D eigenvalue weighted by atomic mass is 9.79. The first-order chi connectivity index (χ1) is 17.7. The van der Waals surface area contributed by atoms with Crippen LogP contribution in [0.5, 0.6) is 0 Å². The average molecular weight is 486 g/mol. The Morgan fingerprint density at radius 1 is 0.861 bits per heavy atom. The summed E-state index contributed by atoms with van der Waals surface area (Å²) in [6.07, 6.45) is 13.3. The van der Waals surface area contributed by atoms with Crippen molar-refractivity contribution in [3.05, 3.63) is 66.9 Å². The Bertz CT molecular complexity index is 1310. The molecule has 36 heavy (non-hydrogen) atoms. The summed E-state index contributed by atoms with van der Waals surface area (Å²) in [6.45, 7) is 1.84. The second-order valence-corrected chi connectivity index (χ2v) is 10.2. The fourth-order valence-electron chi connectivity index (χ4n) is 5.75. The summed E-state index contributed by atoms with van der Waals surface area (Å²) in [5, 5.41) is 3.48. The van der Waals surface area contributed by atoms with Crippen LogP contribution in [0, 0.1) is 17.7 Å². The number of fused-ring (bicyclic) bond motifs is 1. The molecule has 1 saturated heterocycles. The highest BCUT2D eigenvalue weighted by Gasteiger charge is 2.25. The highest BCUT2D eigenvalue weighted by Crippen LogP contribution is 2.34. The van der Waals surface area contributed by atoms with Crippen LogP contribution >= 0.6 is 0 Å². The molecular weight excluding hydrogens is 453 g/mol. The number of halogens is 1. The number of nitrogens with one attached hydrogen (secondary N) is 1. The summed E-state index contributed by atoms with van der Waals surface area (Å²) < 4.78 is 22.3. The molecule has 1 N–H and O–H groups in total. The average Bonchev–Trinajstić information content (AvgIpc) is 3.35. The van der Waals surface area contributed by atoms with Crippen molar-refractivity contribution < 1.29 is 9.13 Å². The van der Waals surface area contributed by atoms with E-state index in [4.69, 9.17) is 4.74 Å². The molecule has 2 fully saturated rings. The van der Waals surface area contributed by atoms with Gasteiger partial charge in [-0.1, -0.05) is 30.3 Å². The molecule has 2 aliphatic rings. The summed E-state index contributed by atoms with van der Waals surface area (Å²) in [6, 6.07) is 14.4. The molecule has 0 radical (unpaired) electrons. The number of nitrogens with zero attached hydrogens (tertiary/aromatic N) is 4. The molecule has 7 heteroatoms. The largest absolute Gasteiger partial charge is 0.381 e. The second kappa shape index (κ2) is 10.3. The van der Waals surface area contributed by atoms with Gasteiger partial charge in [-0.2, -0.15) is 0 Å². The maximum absolute atomic E-state index is 14.9. The van der Waals surface area contributed by atoms with E-state index in [0.29, 0.717) is 17.7 Å². The van der Waals surface area contributed by atoms with Crippen LogP contribution in [0.2, 0.25) is 0 Å². The van der Waals surface area contributed by atoms with Crippen LogP contribution in [-0.2, 0) is 4.74 Å². The fourth-order valence-corrected chi connectivity index (χ4v) is 5.75. The van der Waals surface area contributed by atoms with Crippen LogP contribution < -0.4 is 5.32 Å². The van der Waals surface area contributed by atoms with E-state index >= 15 is 0 Å². The Labute approximate surface area is 211 Å². The lowest BCUT2D eigenvalue weighted by Crippen LogP contribution is -2.28. The van der Waals surface area contributed by atoms with Crippen molar-refractivity contribution in [1.29, 1.82) is 0 Å². The van der Waals surface area contributed by atoms with E-state index < -0.39 is 5.82 Å². The molecule has 0 amide bonds. The Morgan fingerprint density at radius 2 is 1.64 bits per heavy atom. The van der Waals surface area contributed by atoms with Crippen molar-refractivity contribution in [2.24, 2.45) is 11.8 Å². The lowest BCUT2D eigenvalue weighted by Gasteiger charge is -2.32. The molecule has 6 nitrogen and oxygen atoms in total. The van der Waals surface area contributed by atoms with Gasteiger partial charge in [0.25, 0.3) is 0 Å². The molecule has 1 aliphatic carbocycles. The van der Waals surface area contributed by atoms with Crippen LogP contribution in [0.4, 0.5) is 10.3 Å². The first kappa shape index (κ1) is 23.1. The van der Waals surface area contributed by atoms with Crippen LogP contribution in [0.3, 0.4) is 0 Å². The summed E-state index contributed by atoms with van der Waals surface area (Å²) in [4.78, 5) is 13.3. The normalized spacial score (nSPS) is 21.0. The zero-order valence-electron chi connectivity index (χ0n) is 20.4. The molecule has 0 atom stereocenters. The molecule has 0 unspecified atom stereocenters. The van der Waals surface area contributed by atoms with Gasteiger partial charge in [0.05, 0.1) is 18.1 Å². The number of rotatable bonds is 6. The third-order valence-electron chi connectivity index (χ3n) is 7.79. The zero-order valence-corrected chi connectivity index (χ0v) is 20.4. The van der Waals surface area contributed by atoms with Gasteiger partial charge in [0, 0.05) is 25.5 Å². The van der Waals surface area contributed by atoms with Crippen molar-refractivity contribution in [2.75, 3.05) is 18.5 Å². The van der Waals surface area contributed by atoms with Crippen molar-refractivity contribution in [3.8, 4) is 22.5 Å². The molecule has 1 aromatic carbocycles. The number of pyridine rings is 1. The third-order valence-corrected chi connectivity index (χ3v) is 7.79. The SMILES string of the molecule is Fc1cnc(NC2CCC(CC3CCOCC3)CC2)nc1-c1cnc2ccc(-c3ccccc3)cn12. The first-order valence-corrected chi connectivity index (χ1v) is 13.1. The van der Waals surface area contributed by atoms with Gasteiger partial charge in [-0.25, -0.2) is 19.3 Å². The summed E-state index contributed by atoms with van der Waals surface area (Å²) in [7, 11) is 0. The van der Waals surface area contributed by atoms with Crippen LogP contribution in [-0.4, -0.2) is 38.6 Å².